The molecule has 0 radical (unpaired) electrons. The third-order valence-corrected chi connectivity index (χ3v) is 3.88. The fourth-order valence-corrected chi connectivity index (χ4v) is 2.67. The lowest BCUT2D eigenvalue weighted by atomic mass is 9.85. The van der Waals surface area contributed by atoms with E-state index in [1.165, 1.54) is 7.11 Å². The molecule has 6 heteroatoms. The Morgan fingerprint density at radius 2 is 1.90 bits per heavy atom. The Kier molecular flexibility index (Phi) is 4.61. The number of anilines is 1. The number of ether oxygens (including phenoxy) is 1. The van der Waals surface area contributed by atoms with Gasteiger partial charge < -0.3 is 10.1 Å². The van der Waals surface area contributed by atoms with Gasteiger partial charge in [-0.3, -0.25) is 0 Å². The van der Waals surface area contributed by atoms with E-state index in [0.717, 1.165) is 0 Å². The summed E-state index contributed by atoms with van der Waals surface area (Å²) in [5.74, 6) is -0.648. The summed E-state index contributed by atoms with van der Waals surface area (Å²) >= 11 is 0. The number of nitrogens with zero attached hydrogens (tertiary/aromatic N) is 1. The zero-order valence-electron chi connectivity index (χ0n) is 11.7. The summed E-state index contributed by atoms with van der Waals surface area (Å²) in [5, 5.41) is 12.1. The largest absolute Gasteiger partial charge is 0.495 e. The van der Waals surface area contributed by atoms with Gasteiger partial charge in [-0.05, 0) is 37.8 Å². The summed E-state index contributed by atoms with van der Waals surface area (Å²) in [6, 6.07) is 7.03. The highest BCUT2D eigenvalue weighted by Crippen LogP contribution is 2.38. The van der Waals surface area contributed by atoms with Crippen molar-refractivity contribution in [3.8, 4) is 11.8 Å². The van der Waals surface area contributed by atoms with Crippen LogP contribution in [0.5, 0.6) is 5.75 Å². The average Bonchev–Trinajstić information content (AvgIpc) is 2.47. The predicted octanol–water partition coefficient (Wildman–Crippen LogP) is 4.10. The van der Waals surface area contributed by atoms with E-state index >= 15 is 0 Å². The van der Waals surface area contributed by atoms with Crippen molar-refractivity contribution in [2.45, 2.75) is 37.9 Å². The lowest BCUT2D eigenvalue weighted by Crippen LogP contribution is -2.32. The van der Waals surface area contributed by atoms with Crippen LogP contribution < -0.4 is 10.1 Å². The SMILES string of the molecule is COc1cc(C#N)ccc1NC1CCC(C(F)(F)F)CC1. The Morgan fingerprint density at radius 3 is 2.43 bits per heavy atom. The molecule has 0 saturated heterocycles. The van der Waals surface area contributed by atoms with Crippen molar-refractivity contribution in [2.75, 3.05) is 12.4 Å². The Balaban J connectivity index is 1.99. The Hall–Kier alpha value is -1.90. The number of methoxy groups -OCH3 is 1. The number of hydrogen-bond acceptors (Lipinski definition) is 3. The summed E-state index contributed by atoms with van der Waals surface area (Å²) in [5.41, 5.74) is 1.20. The highest BCUT2D eigenvalue weighted by molar-refractivity contribution is 5.59. The van der Waals surface area contributed by atoms with E-state index in [1.807, 2.05) is 6.07 Å². The molecular weight excluding hydrogens is 281 g/mol. The molecule has 2 rings (SSSR count). The second kappa shape index (κ2) is 6.25. The van der Waals surface area contributed by atoms with E-state index in [1.54, 1.807) is 18.2 Å². The van der Waals surface area contributed by atoms with E-state index in [4.69, 9.17) is 10.00 Å². The molecule has 0 spiro atoms. The van der Waals surface area contributed by atoms with Crippen LogP contribution in [-0.4, -0.2) is 19.3 Å². The molecule has 1 aliphatic rings. The van der Waals surface area contributed by atoms with Gasteiger partial charge in [-0.1, -0.05) is 0 Å². The third-order valence-electron chi connectivity index (χ3n) is 3.88. The Morgan fingerprint density at radius 1 is 1.24 bits per heavy atom. The number of hydrogen-bond donors (Lipinski definition) is 1. The topological polar surface area (TPSA) is 45.0 Å². The van der Waals surface area contributed by atoms with E-state index in [9.17, 15) is 13.2 Å². The van der Waals surface area contributed by atoms with Gasteiger partial charge in [-0.15, -0.1) is 0 Å². The van der Waals surface area contributed by atoms with Gasteiger partial charge in [-0.25, -0.2) is 0 Å². The first-order chi connectivity index (χ1) is 9.94. The highest BCUT2D eigenvalue weighted by atomic mass is 19.4. The van der Waals surface area contributed by atoms with E-state index < -0.39 is 12.1 Å². The Labute approximate surface area is 121 Å². The number of alkyl halides is 3. The van der Waals surface area contributed by atoms with Crippen LogP contribution in [0.15, 0.2) is 18.2 Å². The summed E-state index contributed by atoms with van der Waals surface area (Å²) in [7, 11) is 1.50. The zero-order valence-corrected chi connectivity index (χ0v) is 11.7. The van der Waals surface area contributed by atoms with Crippen LogP contribution in [0.2, 0.25) is 0 Å². The molecule has 0 amide bonds. The van der Waals surface area contributed by atoms with Crippen LogP contribution >= 0.6 is 0 Å². The van der Waals surface area contributed by atoms with Crippen LogP contribution in [0.3, 0.4) is 0 Å². The second-order valence-corrected chi connectivity index (χ2v) is 5.26. The second-order valence-electron chi connectivity index (χ2n) is 5.26. The normalized spacial score (nSPS) is 22.4. The molecule has 0 heterocycles. The van der Waals surface area contributed by atoms with Crippen molar-refractivity contribution >= 4 is 5.69 Å². The molecule has 3 nitrogen and oxygen atoms in total. The fourth-order valence-electron chi connectivity index (χ4n) is 2.67. The standard InChI is InChI=1S/C15H17F3N2O/c1-21-14-8-10(9-19)2-7-13(14)20-12-5-3-11(4-6-12)15(16,17)18/h2,7-8,11-12,20H,3-6H2,1H3. The predicted molar refractivity (Wildman–Crippen MR) is 73.1 cm³/mol. The summed E-state index contributed by atoms with van der Waals surface area (Å²) < 4.78 is 43.1. The lowest BCUT2D eigenvalue weighted by molar-refractivity contribution is -0.182. The van der Waals surface area contributed by atoms with Crippen molar-refractivity contribution < 1.29 is 17.9 Å². The number of halogens is 3. The molecule has 0 atom stereocenters. The molecule has 1 saturated carbocycles. The lowest BCUT2D eigenvalue weighted by Gasteiger charge is -2.31. The minimum Gasteiger partial charge on any atom is -0.495 e. The van der Waals surface area contributed by atoms with Crippen molar-refractivity contribution in [2.24, 2.45) is 5.92 Å². The molecule has 1 N–H and O–H groups in total. The number of rotatable bonds is 3. The quantitative estimate of drug-likeness (QED) is 0.913. The molecule has 0 bridgehead atoms. The smallest absolute Gasteiger partial charge is 0.391 e. The summed E-state index contributed by atoms with van der Waals surface area (Å²) in [6.07, 6.45) is -2.82. The minimum absolute atomic E-state index is 0.00503. The van der Waals surface area contributed by atoms with Crippen molar-refractivity contribution in [1.29, 1.82) is 5.26 Å². The highest BCUT2D eigenvalue weighted by Gasteiger charge is 2.41. The zero-order chi connectivity index (χ0) is 15.5. The van der Waals surface area contributed by atoms with Crippen molar-refractivity contribution in [3.63, 3.8) is 0 Å². The molecule has 114 valence electrons. The third kappa shape index (κ3) is 3.81. The van der Waals surface area contributed by atoms with E-state index in [-0.39, 0.29) is 18.9 Å². The molecule has 0 unspecified atom stereocenters. The molecular formula is C15H17F3N2O. The van der Waals surface area contributed by atoms with Gasteiger partial charge in [0.2, 0.25) is 0 Å². The average molecular weight is 298 g/mol. The van der Waals surface area contributed by atoms with E-state index in [0.29, 0.717) is 29.8 Å². The fraction of sp³-hybridized carbons (Fsp3) is 0.533. The first-order valence-electron chi connectivity index (χ1n) is 6.85. The van der Waals surface area contributed by atoms with Gasteiger partial charge in [0, 0.05) is 12.1 Å². The molecule has 0 aromatic heterocycles. The molecule has 1 aliphatic carbocycles. The molecule has 1 fully saturated rings. The van der Waals surface area contributed by atoms with Gasteiger partial charge in [0.25, 0.3) is 0 Å². The molecule has 1 aromatic carbocycles. The van der Waals surface area contributed by atoms with Gasteiger partial charge in [-0.2, -0.15) is 18.4 Å². The van der Waals surface area contributed by atoms with Crippen LogP contribution in [0.4, 0.5) is 18.9 Å². The van der Waals surface area contributed by atoms with Crippen LogP contribution in [0, 0.1) is 17.2 Å². The Bertz CT molecular complexity index is 529. The maximum absolute atomic E-state index is 12.6. The summed E-state index contributed by atoms with van der Waals surface area (Å²) in [4.78, 5) is 0. The maximum atomic E-state index is 12.6. The molecule has 21 heavy (non-hydrogen) atoms. The van der Waals surface area contributed by atoms with Gasteiger partial charge in [0.05, 0.1) is 30.3 Å². The van der Waals surface area contributed by atoms with Crippen molar-refractivity contribution in [1.82, 2.24) is 0 Å². The number of nitriles is 1. The first kappa shape index (κ1) is 15.5. The van der Waals surface area contributed by atoms with Crippen molar-refractivity contribution in [3.05, 3.63) is 23.8 Å². The number of benzene rings is 1. The minimum atomic E-state index is -4.09. The van der Waals surface area contributed by atoms with Gasteiger partial charge in [0.1, 0.15) is 5.75 Å². The molecule has 0 aliphatic heterocycles. The first-order valence-corrected chi connectivity index (χ1v) is 6.85. The molecule has 1 aromatic rings. The van der Waals surface area contributed by atoms with Crippen LogP contribution in [-0.2, 0) is 0 Å². The van der Waals surface area contributed by atoms with Crippen LogP contribution in [0.1, 0.15) is 31.2 Å². The van der Waals surface area contributed by atoms with Gasteiger partial charge in [0.15, 0.2) is 0 Å². The number of nitrogens with one attached hydrogen (secondary N) is 1. The van der Waals surface area contributed by atoms with Crippen LogP contribution in [0.25, 0.3) is 0 Å². The maximum Gasteiger partial charge on any atom is 0.391 e. The van der Waals surface area contributed by atoms with E-state index in [2.05, 4.69) is 5.32 Å². The van der Waals surface area contributed by atoms with Gasteiger partial charge >= 0.3 is 6.18 Å². The summed E-state index contributed by atoms with van der Waals surface area (Å²) in [6.45, 7) is 0. The monoisotopic (exact) mass is 298 g/mol.